The van der Waals surface area contributed by atoms with Gasteiger partial charge in [-0.1, -0.05) is 0 Å². The fourth-order valence-corrected chi connectivity index (χ4v) is 2.01. The Kier molecular flexibility index (Phi) is 5.53. The smallest absolute Gasteiger partial charge is 0.164 e. The number of pyridine rings is 1. The van der Waals surface area contributed by atoms with Crippen LogP contribution in [0, 0.1) is 0 Å². The molecule has 5 nitrogen and oxygen atoms in total. The lowest BCUT2D eigenvalue weighted by atomic mass is 10.2. The van der Waals surface area contributed by atoms with Crippen molar-refractivity contribution < 1.29 is 0 Å². The second-order valence-electron chi connectivity index (χ2n) is 3.81. The van der Waals surface area contributed by atoms with Gasteiger partial charge >= 0.3 is 0 Å². The first-order chi connectivity index (χ1) is 7.95. The fraction of sp³-hybridized carbons (Fsp3) is 0.364. The van der Waals surface area contributed by atoms with Crippen LogP contribution in [0.25, 0.3) is 11.0 Å². The number of hydrogen-bond acceptors (Lipinski definition) is 5. The van der Waals surface area contributed by atoms with E-state index in [2.05, 4.69) is 25.2 Å². The van der Waals surface area contributed by atoms with Crippen molar-refractivity contribution in [1.82, 2.24) is 20.3 Å². The number of nitrogens with zero attached hydrogens (tertiary/aromatic N) is 4. The third-order valence-electron chi connectivity index (χ3n) is 2.80. The molecule has 0 aliphatic carbocycles. The van der Waals surface area contributed by atoms with Gasteiger partial charge in [-0.05, 0) is 12.1 Å². The molecule has 3 rings (SSSR count). The van der Waals surface area contributed by atoms with Gasteiger partial charge < -0.3 is 10.2 Å². The van der Waals surface area contributed by atoms with E-state index in [-0.39, 0.29) is 24.8 Å². The maximum absolute atomic E-state index is 4.38. The second-order valence-corrected chi connectivity index (χ2v) is 3.81. The quantitative estimate of drug-likeness (QED) is 0.856. The number of hydrogen-bond donors (Lipinski definition) is 1. The second kappa shape index (κ2) is 6.68. The Morgan fingerprint density at radius 1 is 1.06 bits per heavy atom. The SMILES string of the molecule is Cl.Cl.c1cnc2ncnc(N3CCNCC3)c2c1. The van der Waals surface area contributed by atoms with Crippen molar-refractivity contribution in [3.8, 4) is 0 Å². The van der Waals surface area contributed by atoms with E-state index in [0.717, 1.165) is 43.0 Å². The third-order valence-corrected chi connectivity index (χ3v) is 2.80. The molecule has 0 unspecified atom stereocenters. The summed E-state index contributed by atoms with van der Waals surface area (Å²) in [6, 6.07) is 3.96. The van der Waals surface area contributed by atoms with Crippen molar-refractivity contribution in [2.45, 2.75) is 0 Å². The monoisotopic (exact) mass is 287 g/mol. The summed E-state index contributed by atoms with van der Waals surface area (Å²) in [5.74, 6) is 1.000. The zero-order chi connectivity index (χ0) is 10.8. The highest BCUT2D eigenvalue weighted by atomic mass is 35.5. The molecule has 1 N–H and O–H groups in total. The van der Waals surface area contributed by atoms with E-state index in [4.69, 9.17) is 0 Å². The van der Waals surface area contributed by atoms with Crippen LogP contribution in [0.15, 0.2) is 24.7 Å². The molecule has 18 heavy (non-hydrogen) atoms. The summed E-state index contributed by atoms with van der Waals surface area (Å²) in [6.07, 6.45) is 3.35. The molecule has 1 aliphatic rings. The van der Waals surface area contributed by atoms with Crippen LogP contribution in [0.5, 0.6) is 0 Å². The highest BCUT2D eigenvalue weighted by Crippen LogP contribution is 2.20. The Bertz CT molecular complexity index is 496. The van der Waals surface area contributed by atoms with Gasteiger partial charge in [0, 0.05) is 32.4 Å². The Balaban J connectivity index is 0.000000810. The lowest BCUT2D eigenvalue weighted by Crippen LogP contribution is -2.44. The highest BCUT2D eigenvalue weighted by molar-refractivity contribution is 5.86. The Morgan fingerprint density at radius 2 is 1.83 bits per heavy atom. The topological polar surface area (TPSA) is 53.9 Å². The van der Waals surface area contributed by atoms with Gasteiger partial charge in [0.15, 0.2) is 5.65 Å². The Labute approximate surface area is 118 Å². The van der Waals surface area contributed by atoms with Crippen molar-refractivity contribution in [2.24, 2.45) is 0 Å². The largest absolute Gasteiger partial charge is 0.353 e. The predicted octanol–water partition coefficient (Wildman–Crippen LogP) is 1.28. The Hall–Kier alpha value is -1.17. The number of rotatable bonds is 1. The first-order valence-electron chi connectivity index (χ1n) is 5.46. The van der Waals surface area contributed by atoms with E-state index < -0.39 is 0 Å². The first-order valence-corrected chi connectivity index (χ1v) is 5.46. The maximum Gasteiger partial charge on any atom is 0.164 e. The number of aromatic nitrogens is 3. The molecule has 0 radical (unpaired) electrons. The molecular formula is C11H15Cl2N5. The van der Waals surface area contributed by atoms with Crippen LogP contribution in [0.3, 0.4) is 0 Å². The van der Waals surface area contributed by atoms with E-state index in [1.54, 1.807) is 12.5 Å². The molecule has 0 bridgehead atoms. The molecule has 3 heterocycles. The Morgan fingerprint density at radius 3 is 2.61 bits per heavy atom. The first kappa shape index (κ1) is 14.9. The minimum Gasteiger partial charge on any atom is -0.353 e. The van der Waals surface area contributed by atoms with Crippen LogP contribution in [0.4, 0.5) is 5.82 Å². The van der Waals surface area contributed by atoms with Crippen LogP contribution in [0.2, 0.25) is 0 Å². The van der Waals surface area contributed by atoms with Gasteiger partial charge in [-0.15, -0.1) is 24.8 Å². The van der Waals surface area contributed by atoms with Crippen molar-refractivity contribution in [3.05, 3.63) is 24.7 Å². The van der Waals surface area contributed by atoms with Gasteiger partial charge in [0.2, 0.25) is 0 Å². The zero-order valence-electron chi connectivity index (χ0n) is 9.74. The summed E-state index contributed by atoms with van der Waals surface area (Å²) in [5.41, 5.74) is 0.769. The maximum atomic E-state index is 4.38. The molecule has 1 fully saturated rings. The van der Waals surface area contributed by atoms with Crippen molar-refractivity contribution in [2.75, 3.05) is 31.1 Å². The average molecular weight is 288 g/mol. The minimum atomic E-state index is 0. The number of anilines is 1. The number of nitrogens with one attached hydrogen (secondary N) is 1. The van der Waals surface area contributed by atoms with E-state index in [0.29, 0.717) is 0 Å². The van der Waals surface area contributed by atoms with Gasteiger partial charge in [0.1, 0.15) is 12.1 Å². The van der Waals surface area contributed by atoms with Gasteiger partial charge in [-0.2, -0.15) is 0 Å². The van der Waals surface area contributed by atoms with Crippen molar-refractivity contribution in [1.29, 1.82) is 0 Å². The summed E-state index contributed by atoms with van der Waals surface area (Å²) >= 11 is 0. The van der Waals surface area contributed by atoms with Gasteiger partial charge in [-0.3, -0.25) is 0 Å². The summed E-state index contributed by atoms with van der Waals surface area (Å²) in [7, 11) is 0. The lowest BCUT2D eigenvalue weighted by Gasteiger charge is -2.28. The number of piperazine rings is 1. The molecule has 0 amide bonds. The molecule has 1 saturated heterocycles. The molecule has 1 aliphatic heterocycles. The minimum absolute atomic E-state index is 0. The van der Waals surface area contributed by atoms with Crippen LogP contribution >= 0.6 is 24.8 Å². The van der Waals surface area contributed by atoms with Crippen molar-refractivity contribution in [3.63, 3.8) is 0 Å². The summed E-state index contributed by atoms with van der Waals surface area (Å²) in [5, 5.41) is 4.37. The number of fused-ring (bicyclic) bond motifs is 1. The number of halogens is 2. The molecule has 0 atom stereocenters. The highest BCUT2D eigenvalue weighted by Gasteiger charge is 2.14. The van der Waals surface area contributed by atoms with E-state index in [1.165, 1.54) is 0 Å². The predicted molar refractivity (Wildman–Crippen MR) is 76.9 cm³/mol. The average Bonchev–Trinajstić information content (AvgIpc) is 2.39. The van der Waals surface area contributed by atoms with Gasteiger partial charge in [0.05, 0.1) is 5.39 Å². The van der Waals surface area contributed by atoms with E-state index in [9.17, 15) is 0 Å². The fourth-order valence-electron chi connectivity index (χ4n) is 2.01. The summed E-state index contributed by atoms with van der Waals surface area (Å²) < 4.78 is 0. The normalized spacial score (nSPS) is 14.8. The summed E-state index contributed by atoms with van der Waals surface area (Å²) in [6.45, 7) is 3.99. The van der Waals surface area contributed by atoms with Crippen molar-refractivity contribution >= 4 is 41.7 Å². The molecule has 0 spiro atoms. The zero-order valence-corrected chi connectivity index (χ0v) is 11.4. The molecule has 2 aromatic heterocycles. The molecule has 7 heteroatoms. The molecule has 0 saturated carbocycles. The van der Waals surface area contributed by atoms with E-state index in [1.807, 2.05) is 12.1 Å². The van der Waals surface area contributed by atoms with Gasteiger partial charge in [0.25, 0.3) is 0 Å². The van der Waals surface area contributed by atoms with Gasteiger partial charge in [-0.25, -0.2) is 15.0 Å². The lowest BCUT2D eigenvalue weighted by molar-refractivity contribution is 0.586. The molecule has 2 aromatic rings. The molecular weight excluding hydrogens is 273 g/mol. The van der Waals surface area contributed by atoms with E-state index >= 15 is 0 Å². The van der Waals surface area contributed by atoms with Crippen LogP contribution in [0.1, 0.15) is 0 Å². The third kappa shape index (κ3) is 2.80. The standard InChI is InChI=1S/C11H13N5.2ClH/c1-2-9-10(13-3-1)14-8-15-11(9)16-6-4-12-5-7-16;;/h1-3,8,12H,4-7H2;2*1H. The molecule has 0 aromatic carbocycles. The van der Waals surface area contributed by atoms with Crippen LogP contribution < -0.4 is 10.2 Å². The van der Waals surface area contributed by atoms with Crippen LogP contribution in [-0.4, -0.2) is 41.1 Å². The molecule has 98 valence electrons. The summed E-state index contributed by atoms with van der Waals surface area (Å²) in [4.78, 5) is 15.1. The van der Waals surface area contributed by atoms with Crippen LogP contribution in [-0.2, 0) is 0 Å².